The monoisotopic (exact) mass is 344 g/mol. The molecule has 0 aliphatic carbocycles. The van der Waals surface area contributed by atoms with Crippen molar-refractivity contribution in [3.63, 3.8) is 0 Å². The Hall–Kier alpha value is -3.47. The van der Waals surface area contributed by atoms with Crippen molar-refractivity contribution in [2.45, 2.75) is 13.5 Å². The molecule has 5 nitrogen and oxygen atoms in total. The van der Waals surface area contributed by atoms with Crippen LogP contribution in [-0.2, 0) is 6.54 Å². The second-order valence-electron chi connectivity index (χ2n) is 6.16. The fraction of sp³-hybridized carbons (Fsp3) is 0.0952. The Morgan fingerprint density at radius 1 is 1.00 bits per heavy atom. The lowest BCUT2D eigenvalue weighted by Gasteiger charge is -2.07. The maximum Gasteiger partial charge on any atom is 0.442 e. The quantitative estimate of drug-likeness (QED) is 0.528. The van der Waals surface area contributed by atoms with Crippen LogP contribution in [0.15, 0.2) is 76.0 Å². The summed E-state index contributed by atoms with van der Waals surface area (Å²) in [7, 11) is 0. The molecule has 0 unspecified atom stereocenters. The molecule has 0 N–H and O–H groups in total. The van der Waals surface area contributed by atoms with Gasteiger partial charge in [0.05, 0.1) is 6.54 Å². The van der Waals surface area contributed by atoms with Gasteiger partial charge < -0.3 is 0 Å². The molecule has 1 heterocycles. The third kappa shape index (κ3) is 2.84. The number of fused-ring (bicyclic) bond motifs is 1. The van der Waals surface area contributed by atoms with E-state index in [1.807, 2.05) is 67.6 Å². The maximum absolute atomic E-state index is 12.7. The highest BCUT2D eigenvalue weighted by molar-refractivity contribution is 6.00. The topological polar surface area (TPSA) is 65.1 Å². The Morgan fingerprint density at radius 3 is 2.54 bits per heavy atom. The molecule has 128 valence electrons. The Balaban J connectivity index is 1.71. The van der Waals surface area contributed by atoms with Gasteiger partial charge in [0.15, 0.2) is 11.6 Å². The van der Waals surface area contributed by atoms with E-state index in [4.69, 9.17) is 4.52 Å². The summed E-state index contributed by atoms with van der Waals surface area (Å²) in [5.41, 5.74) is 2.27. The van der Waals surface area contributed by atoms with Crippen LogP contribution in [0.3, 0.4) is 0 Å². The molecule has 0 aliphatic heterocycles. The van der Waals surface area contributed by atoms with E-state index >= 15 is 0 Å². The summed E-state index contributed by atoms with van der Waals surface area (Å²) in [6.45, 7) is 1.80. The molecule has 1 aromatic heterocycles. The number of carbonyl (C=O) groups is 1. The zero-order valence-electron chi connectivity index (χ0n) is 14.2. The van der Waals surface area contributed by atoms with Crippen molar-refractivity contribution in [1.82, 2.24) is 9.72 Å². The van der Waals surface area contributed by atoms with Gasteiger partial charge in [-0.05, 0) is 29.3 Å². The van der Waals surface area contributed by atoms with E-state index < -0.39 is 5.76 Å². The van der Waals surface area contributed by atoms with Crippen molar-refractivity contribution >= 4 is 16.6 Å². The van der Waals surface area contributed by atoms with Gasteiger partial charge in [0.2, 0.25) is 0 Å². The molecule has 4 rings (SSSR count). The Labute approximate surface area is 149 Å². The van der Waals surface area contributed by atoms with Crippen LogP contribution in [0.5, 0.6) is 0 Å². The van der Waals surface area contributed by atoms with Gasteiger partial charge in [0, 0.05) is 11.1 Å². The standard InChI is InChI=1S/C21H16N2O3/c1-14-6-2-5-9-18(14)20-22-26-21(25)23(20)13-19(24)17-11-10-15-7-3-4-8-16(15)12-17/h2-12H,13H2,1H3. The van der Waals surface area contributed by atoms with Gasteiger partial charge in [-0.2, -0.15) is 0 Å². The molecule has 0 amide bonds. The summed E-state index contributed by atoms with van der Waals surface area (Å²) in [5.74, 6) is -0.449. The SMILES string of the molecule is Cc1ccccc1-c1noc(=O)n1CC(=O)c1ccc2ccccc2c1. The zero-order chi connectivity index (χ0) is 18.1. The minimum Gasteiger partial charge on any atom is -0.295 e. The fourth-order valence-electron chi connectivity index (χ4n) is 3.02. The Kier molecular flexibility index (Phi) is 3.97. The van der Waals surface area contributed by atoms with E-state index in [-0.39, 0.29) is 12.3 Å². The minimum absolute atomic E-state index is 0.121. The molecule has 5 heteroatoms. The molecule has 0 aliphatic rings. The molecule has 3 aromatic carbocycles. The van der Waals surface area contributed by atoms with Crippen molar-refractivity contribution in [2.24, 2.45) is 0 Å². The van der Waals surface area contributed by atoms with Crippen LogP contribution in [0, 0.1) is 6.92 Å². The van der Waals surface area contributed by atoms with Crippen LogP contribution in [0.25, 0.3) is 22.2 Å². The van der Waals surface area contributed by atoms with Gasteiger partial charge in [-0.1, -0.05) is 65.8 Å². The highest BCUT2D eigenvalue weighted by atomic mass is 16.5. The molecule has 0 saturated heterocycles. The average Bonchev–Trinajstić information content (AvgIpc) is 3.02. The molecule has 0 fully saturated rings. The van der Waals surface area contributed by atoms with E-state index in [2.05, 4.69) is 5.16 Å². The molecule has 26 heavy (non-hydrogen) atoms. The normalized spacial score (nSPS) is 11.0. The van der Waals surface area contributed by atoms with Crippen LogP contribution in [0.2, 0.25) is 0 Å². The van der Waals surface area contributed by atoms with Crippen molar-refractivity contribution in [3.05, 3.63) is 88.4 Å². The smallest absolute Gasteiger partial charge is 0.295 e. The molecule has 0 bridgehead atoms. The van der Waals surface area contributed by atoms with E-state index in [0.29, 0.717) is 11.4 Å². The first-order valence-electron chi connectivity index (χ1n) is 8.28. The first kappa shape index (κ1) is 16.0. The van der Waals surface area contributed by atoms with Gasteiger partial charge in [-0.15, -0.1) is 0 Å². The van der Waals surface area contributed by atoms with Crippen LogP contribution < -0.4 is 5.76 Å². The van der Waals surface area contributed by atoms with Crippen LogP contribution in [0.1, 0.15) is 15.9 Å². The number of nitrogens with zero attached hydrogens (tertiary/aromatic N) is 2. The number of rotatable bonds is 4. The van der Waals surface area contributed by atoms with Crippen LogP contribution in [-0.4, -0.2) is 15.5 Å². The lowest BCUT2D eigenvalue weighted by Crippen LogP contribution is -2.21. The van der Waals surface area contributed by atoms with Crippen molar-refractivity contribution in [2.75, 3.05) is 0 Å². The van der Waals surface area contributed by atoms with Gasteiger partial charge >= 0.3 is 5.76 Å². The van der Waals surface area contributed by atoms with E-state index in [9.17, 15) is 9.59 Å². The third-order valence-corrected chi connectivity index (χ3v) is 4.45. The maximum atomic E-state index is 12.7. The number of ketones is 1. The van der Waals surface area contributed by atoms with Crippen LogP contribution in [0.4, 0.5) is 0 Å². The minimum atomic E-state index is -0.641. The summed E-state index contributed by atoms with van der Waals surface area (Å²) < 4.78 is 6.09. The van der Waals surface area contributed by atoms with Gasteiger partial charge in [-0.3, -0.25) is 9.32 Å². The van der Waals surface area contributed by atoms with Crippen molar-refractivity contribution < 1.29 is 9.32 Å². The summed E-state index contributed by atoms with van der Waals surface area (Å²) in [4.78, 5) is 24.8. The molecular weight excluding hydrogens is 328 g/mol. The summed E-state index contributed by atoms with van der Waals surface area (Å²) >= 11 is 0. The highest BCUT2D eigenvalue weighted by Gasteiger charge is 2.18. The predicted octanol–water partition coefficient (Wildman–Crippen LogP) is 3.85. The molecule has 0 atom stereocenters. The molecular formula is C21H16N2O3. The summed E-state index contributed by atoms with van der Waals surface area (Å²) in [6, 6.07) is 20.9. The predicted molar refractivity (Wildman–Crippen MR) is 99.2 cm³/mol. The van der Waals surface area contributed by atoms with Crippen molar-refractivity contribution in [1.29, 1.82) is 0 Å². The zero-order valence-corrected chi connectivity index (χ0v) is 14.2. The van der Waals surface area contributed by atoms with E-state index in [1.54, 1.807) is 6.07 Å². The third-order valence-electron chi connectivity index (χ3n) is 4.45. The summed E-state index contributed by atoms with van der Waals surface area (Å²) in [6.07, 6.45) is 0. The number of hydrogen-bond donors (Lipinski definition) is 0. The number of Topliss-reactive ketones (excluding diaryl/α,β-unsaturated/α-hetero) is 1. The fourth-order valence-corrected chi connectivity index (χ4v) is 3.02. The lowest BCUT2D eigenvalue weighted by molar-refractivity contribution is 0.0970. The van der Waals surface area contributed by atoms with E-state index in [0.717, 1.165) is 21.9 Å². The second kappa shape index (κ2) is 6.44. The first-order chi connectivity index (χ1) is 12.6. The van der Waals surface area contributed by atoms with Gasteiger partial charge in [-0.25, -0.2) is 9.36 Å². The first-order valence-corrected chi connectivity index (χ1v) is 8.28. The summed E-state index contributed by atoms with van der Waals surface area (Å²) in [5, 5.41) is 5.91. The molecule has 0 radical (unpaired) electrons. The number of hydrogen-bond acceptors (Lipinski definition) is 4. The average molecular weight is 344 g/mol. The van der Waals surface area contributed by atoms with Gasteiger partial charge in [0.1, 0.15) is 0 Å². The Morgan fingerprint density at radius 2 is 1.73 bits per heavy atom. The number of carbonyl (C=O) groups excluding carboxylic acids is 1. The lowest BCUT2D eigenvalue weighted by atomic mass is 10.0. The van der Waals surface area contributed by atoms with E-state index in [1.165, 1.54) is 4.57 Å². The largest absolute Gasteiger partial charge is 0.442 e. The molecule has 0 spiro atoms. The number of aromatic nitrogens is 2. The Bertz CT molecular complexity index is 1170. The highest BCUT2D eigenvalue weighted by Crippen LogP contribution is 2.21. The molecule has 0 saturated carbocycles. The van der Waals surface area contributed by atoms with Gasteiger partial charge in [0.25, 0.3) is 0 Å². The number of aryl methyl sites for hydroxylation is 1. The second-order valence-corrected chi connectivity index (χ2v) is 6.16. The van der Waals surface area contributed by atoms with Crippen molar-refractivity contribution in [3.8, 4) is 11.4 Å². The molecule has 4 aromatic rings. The van der Waals surface area contributed by atoms with Crippen LogP contribution >= 0.6 is 0 Å². The number of benzene rings is 3.